The lowest BCUT2D eigenvalue weighted by Crippen LogP contribution is -2.31. The fraction of sp³-hybridized carbons (Fsp3) is 0.667. The molecule has 18 heavy (non-hydrogen) atoms. The van der Waals surface area contributed by atoms with Gasteiger partial charge in [-0.3, -0.25) is 4.98 Å². The highest BCUT2D eigenvalue weighted by Gasteiger charge is 1.99. The molecule has 1 N–H and O–H groups in total. The van der Waals surface area contributed by atoms with Crippen LogP contribution in [0.2, 0.25) is 0 Å². The van der Waals surface area contributed by atoms with Gasteiger partial charge >= 0.3 is 0 Å². The van der Waals surface area contributed by atoms with Gasteiger partial charge in [-0.05, 0) is 50.0 Å². The molecule has 1 rings (SSSR count). The summed E-state index contributed by atoms with van der Waals surface area (Å²) in [4.78, 5) is 6.41. The third-order valence-electron chi connectivity index (χ3n) is 3.10. The topological polar surface area (TPSA) is 28.2 Å². The molecular formula is C15H27N3. The Balaban J connectivity index is 2.02. The normalized spacial score (nSPS) is 11.4. The SMILES string of the molecule is CC(C)CCNCCN(C)CCc1ccncc1. The van der Waals surface area contributed by atoms with Gasteiger partial charge in [-0.2, -0.15) is 0 Å². The van der Waals surface area contributed by atoms with Crippen molar-refractivity contribution < 1.29 is 0 Å². The number of nitrogens with one attached hydrogen (secondary N) is 1. The van der Waals surface area contributed by atoms with Crippen molar-refractivity contribution in [3.8, 4) is 0 Å². The van der Waals surface area contributed by atoms with Gasteiger partial charge in [0.15, 0.2) is 0 Å². The van der Waals surface area contributed by atoms with Gasteiger partial charge in [0.1, 0.15) is 0 Å². The van der Waals surface area contributed by atoms with Crippen molar-refractivity contribution in [2.45, 2.75) is 26.7 Å². The monoisotopic (exact) mass is 249 g/mol. The Bertz CT molecular complexity index is 298. The van der Waals surface area contributed by atoms with E-state index in [0.29, 0.717) is 0 Å². The Labute approximate surface area is 112 Å². The van der Waals surface area contributed by atoms with Crippen molar-refractivity contribution in [1.29, 1.82) is 0 Å². The second kappa shape index (κ2) is 9.06. The summed E-state index contributed by atoms with van der Waals surface area (Å²) in [5.74, 6) is 0.793. The van der Waals surface area contributed by atoms with Crippen molar-refractivity contribution in [2.24, 2.45) is 5.92 Å². The smallest absolute Gasteiger partial charge is 0.0270 e. The summed E-state index contributed by atoms with van der Waals surface area (Å²) in [5.41, 5.74) is 1.37. The number of hydrogen-bond acceptors (Lipinski definition) is 3. The van der Waals surface area contributed by atoms with E-state index in [1.54, 1.807) is 0 Å². The maximum absolute atomic E-state index is 4.03. The molecule has 0 amide bonds. The lowest BCUT2D eigenvalue weighted by molar-refractivity contribution is 0.334. The fourth-order valence-electron chi connectivity index (χ4n) is 1.77. The first-order valence-corrected chi connectivity index (χ1v) is 6.96. The van der Waals surface area contributed by atoms with E-state index in [1.807, 2.05) is 12.4 Å². The molecule has 0 saturated carbocycles. The largest absolute Gasteiger partial charge is 0.315 e. The molecule has 0 aromatic carbocycles. The zero-order chi connectivity index (χ0) is 13.2. The molecule has 0 atom stereocenters. The molecule has 1 heterocycles. The quantitative estimate of drug-likeness (QED) is 0.680. The predicted octanol–water partition coefficient (Wildman–Crippen LogP) is 2.19. The lowest BCUT2D eigenvalue weighted by atomic mass is 10.1. The fourth-order valence-corrected chi connectivity index (χ4v) is 1.77. The molecule has 1 aromatic heterocycles. The first-order chi connectivity index (χ1) is 8.68. The standard InChI is InChI=1S/C15H27N3/c1-14(2)4-8-17-11-13-18(3)12-7-15-5-9-16-10-6-15/h5-6,9-10,14,17H,4,7-8,11-13H2,1-3H3. The van der Waals surface area contributed by atoms with Crippen LogP contribution >= 0.6 is 0 Å². The van der Waals surface area contributed by atoms with Crippen LogP contribution in [-0.4, -0.2) is 43.1 Å². The summed E-state index contributed by atoms with van der Waals surface area (Å²) in [5, 5.41) is 3.49. The van der Waals surface area contributed by atoms with Gasteiger partial charge in [0.05, 0.1) is 0 Å². The van der Waals surface area contributed by atoms with Crippen LogP contribution in [0, 0.1) is 5.92 Å². The lowest BCUT2D eigenvalue weighted by Gasteiger charge is -2.17. The first kappa shape index (κ1) is 15.1. The van der Waals surface area contributed by atoms with Crippen LogP contribution in [-0.2, 0) is 6.42 Å². The second-order valence-electron chi connectivity index (χ2n) is 5.34. The third kappa shape index (κ3) is 7.41. The van der Waals surface area contributed by atoms with Crippen LogP contribution in [0.5, 0.6) is 0 Å². The van der Waals surface area contributed by atoms with Gasteiger partial charge in [-0.1, -0.05) is 13.8 Å². The number of aromatic nitrogens is 1. The van der Waals surface area contributed by atoms with Crippen molar-refractivity contribution in [2.75, 3.05) is 33.2 Å². The number of likely N-dealkylation sites (N-methyl/N-ethyl adjacent to an activating group) is 1. The number of nitrogens with zero attached hydrogens (tertiary/aromatic N) is 2. The molecular weight excluding hydrogens is 222 g/mol. The molecule has 0 unspecified atom stereocenters. The molecule has 3 nitrogen and oxygen atoms in total. The van der Waals surface area contributed by atoms with E-state index in [4.69, 9.17) is 0 Å². The Hall–Kier alpha value is -0.930. The van der Waals surface area contributed by atoms with Crippen molar-refractivity contribution in [3.63, 3.8) is 0 Å². The minimum atomic E-state index is 0.793. The first-order valence-electron chi connectivity index (χ1n) is 6.96. The predicted molar refractivity (Wildman–Crippen MR) is 77.8 cm³/mol. The molecule has 0 aliphatic carbocycles. The van der Waals surface area contributed by atoms with Crippen molar-refractivity contribution >= 4 is 0 Å². The van der Waals surface area contributed by atoms with Crippen LogP contribution in [0.1, 0.15) is 25.8 Å². The van der Waals surface area contributed by atoms with Gasteiger partial charge in [-0.15, -0.1) is 0 Å². The Morgan fingerprint density at radius 2 is 1.89 bits per heavy atom. The highest BCUT2D eigenvalue weighted by molar-refractivity contribution is 5.09. The molecule has 3 heteroatoms. The van der Waals surface area contributed by atoms with E-state index < -0.39 is 0 Å². The van der Waals surface area contributed by atoms with E-state index in [1.165, 1.54) is 12.0 Å². The van der Waals surface area contributed by atoms with Crippen LogP contribution in [0.3, 0.4) is 0 Å². The van der Waals surface area contributed by atoms with Gasteiger partial charge < -0.3 is 10.2 Å². The summed E-state index contributed by atoms with van der Waals surface area (Å²) in [6.07, 6.45) is 6.09. The van der Waals surface area contributed by atoms with E-state index in [0.717, 1.165) is 38.5 Å². The highest BCUT2D eigenvalue weighted by atomic mass is 15.1. The molecule has 0 saturated heterocycles. The van der Waals surface area contributed by atoms with Crippen LogP contribution < -0.4 is 5.32 Å². The average Bonchev–Trinajstić information content (AvgIpc) is 2.37. The van der Waals surface area contributed by atoms with Gasteiger partial charge in [0, 0.05) is 32.0 Å². The minimum Gasteiger partial charge on any atom is -0.315 e. The summed E-state index contributed by atoms with van der Waals surface area (Å²) in [6, 6.07) is 4.18. The minimum absolute atomic E-state index is 0.793. The maximum Gasteiger partial charge on any atom is 0.0270 e. The summed E-state index contributed by atoms with van der Waals surface area (Å²) >= 11 is 0. The molecule has 0 spiro atoms. The number of rotatable bonds is 9. The van der Waals surface area contributed by atoms with E-state index >= 15 is 0 Å². The van der Waals surface area contributed by atoms with Crippen molar-refractivity contribution in [3.05, 3.63) is 30.1 Å². The molecule has 102 valence electrons. The Morgan fingerprint density at radius 1 is 1.17 bits per heavy atom. The molecule has 0 aliphatic rings. The second-order valence-corrected chi connectivity index (χ2v) is 5.34. The molecule has 0 fully saturated rings. The van der Waals surface area contributed by atoms with Crippen LogP contribution in [0.4, 0.5) is 0 Å². The third-order valence-corrected chi connectivity index (χ3v) is 3.10. The number of pyridine rings is 1. The molecule has 0 radical (unpaired) electrons. The van der Waals surface area contributed by atoms with Crippen LogP contribution in [0.15, 0.2) is 24.5 Å². The summed E-state index contributed by atoms with van der Waals surface area (Å²) in [7, 11) is 2.19. The zero-order valence-electron chi connectivity index (χ0n) is 12.0. The molecule has 0 aliphatic heterocycles. The zero-order valence-corrected chi connectivity index (χ0v) is 12.0. The van der Waals surface area contributed by atoms with Gasteiger partial charge in [0.25, 0.3) is 0 Å². The van der Waals surface area contributed by atoms with Gasteiger partial charge in [-0.25, -0.2) is 0 Å². The van der Waals surface area contributed by atoms with Crippen molar-refractivity contribution in [1.82, 2.24) is 15.2 Å². The van der Waals surface area contributed by atoms with E-state index in [9.17, 15) is 0 Å². The Kier molecular flexibility index (Phi) is 7.62. The maximum atomic E-state index is 4.03. The van der Waals surface area contributed by atoms with E-state index in [-0.39, 0.29) is 0 Å². The van der Waals surface area contributed by atoms with Gasteiger partial charge in [0.2, 0.25) is 0 Å². The summed E-state index contributed by atoms with van der Waals surface area (Å²) < 4.78 is 0. The highest BCUT2D eigenvalue weighted by Crippen LogP contribution is 1.99. The van der Waals surface area contributed by atoms with E-state index in [2.05, 4.69) is 48.2 Å². The number of hydrogen-bond donors (Lipinski definition) is 1. The molecule has 1 aromatic rings. The Morgan fingerprint density at radius 3 is 2.56 bits per heavy atom. The average molecular weight is 249 g/mol. The summed E-state index contributed by atoms with van der Waals surface area (Å²) in [6.45, 7) is 8.97. The van der Waals surface area contributed by atoms with Crippen LogP contribution in [0.25, 0.3) is 0 Å². The molecule has 0 bridgehead atoms.